The van der Waals surface area contributed by atoms with E-state index >= 15 is 0 Å². The molecule has 0 aliphatic rings. The summed E-state index contributed by atoms with van der Waals surface area (Å²) in [7, 11) is 0. The Labute approximate surface area is 89.7 Å². The van der Waals surface area contributed by atoms with Gasteiger partial charge in [0.25, 0.3) is 0 Å². The highest BCUT2D eigenvalue weighted by Gasteiger charge is 2.29. The minimum atomic E-state index is -4.33. The molecule has 0 spiro atoms. The van der Waals surface area contributed by atoms with Gasteiger partial charge in [0.2, 0.25) is 0 Å². The highest BCUT2D eigenvalue weighted by Crippen LogP contribution is 2.37. The summed E-state index contributed by atoms with van der Waals surface area (Å²) in [6.45, 7) is 1.73. The lowest BCUT2D eigenvalue weighted by Gasteiger charge is -2.07. The van der Waals surface area contributed by atoms with E-state index in [-0.39, 0.29) is 22.2 Å². The number of hydrogen-bond donors (Lipinski definition) is 0. The third-order valence-electron chi connectivity index (χ3n) is 1.67. The molecule has 0 amide bonds. The summed E-state index contributed by atoms with van der Waals surface area (Å²) >= 11 is -0.231. The molecule has 0 aromatic heterocycles. The van der Waals surface area contributed by atoms with Crippen LogP contribution in [0.2, 0.25) is 0 Å². The Morgan fingerprint density at radius 3 is 2.53 bits per heavy atom. The molecule has 1 aromatic carbocycles. The minimum absolute atomic E-state index is 0.0146. The minimum Gasteiger partial charge on any atom is -0.207 e. The number of alkyl halides is 3. The van der Waals surface area contributed by atoms with Gasteiger partial charge in [0, 0.05) is 4.90 Å². The van der Waals surface area contributed by atoms with E-state index in [1.807, 2.05) is 0 Å². The number of benzene rings is 1. The first-order valence-corrected chi connectivity index (χ1v) is 5.06. The molecule has 0 aliphatic heterocycles. The first-order chi connectivity index (χ1) is 6.92. The topological polar surface area (TPSA) is 0 Å². The standard InChI is InChI=1S/C10H9F4S/c1-2-3-7-6-8(4-5-9(7)11)15-10(12,13)14/h2,4-6H,3H2,1H3. The first-order valence-electron chi connectivity index (χ1n) is 4.24. The molecule has 15 heavy (non-hydrogen) atoms. The number of hydrogen-bond acceptors (Lipinski definition) is 1. The van der Waals surface area contributed by atoms with Crippen LogP contribution in [0.4, 0.5) is 17.6 Å². The maximum absolute atomic E-state index is 13.1. The van der Waals surface area contributed by atoms with Crippen molar-refractivity contribution >= 4 is 11.8 Å². The maximum Gasteiger partial charge on any atom is 0.446 e. The molecule has 0 unspecified atom stereocenters. The first kappa shape index (κ1) is 12.4. The lowest BCUT2D eigenvalue weighted by molar-refractivity contribution is -0.0328. The Balaban J connectivity index is 2.87. The highest BCUT2D eigenvalue weighted by molar-refractivity contribution is 8.00. The molecule has 0 nitrogen and oxygen atoms in total. The molecule has 0 heterocycles. The largest absolute Gasteiger partial charge is 0.446 e. The zero-order valence-electron chi connectivity index (χ0n) is 7.94. The van der Waals surface area contributed by atoms with Crippen LogP contribution in [-0.2, 0) is 6.42 Å². The van der Waals surface area contributed by atoms with Gasteiger partial charge in [-0.2, -0.15) is 13.2 Å². The van der Waals surface area contributed by atoms with Gasteiger partial charge in [-0.1, -0.05) is 6.92 Å². The summed E-state index contributed by atoms with van der Waals surface area (Å²) in [6.07, 6.45) is 2.03. The predicted octanol–water partition coefficient (Wildman–Crippen LogP) is 4.20. The van der Waals surface area contributed by atoms with E-state index in [0.717, 1.165) is 12.1 Å². The molecule has 0 saturated carbocycles. The highest BCUT2D eigenvalue weighted by atomic mass is 32.2. The molecule has 0 fully saturated rings. The molecule has 1 rings (SSSR count). The van der Waals surface area contributed by atoms with Gasteiger partial charge < -0.3 is 0 Å². The third-order valence-corrected chi connectivity index (χ3v) is 2.40. The van der Waals surface area contributed by atoms with Crippen LogP contribution in [0.3, 0.4) is 0 Å². The zero-order chi connectivity index (χ0) is 11.5. The van der Waals surface area contributed by atoms with Gasteiger partial charge in [-0.25, -0.2) is 4.39 Å². The average molecular weight is 237 g/mol. The Morgan fingerprint density at radius 1 is 1.33 bits per heavy atom. The van der Waals surface area contributed by atoms with Crippen LogP contribution in [-0.4, -0.2) is 5.51 Å². The molecule has 1 radical (unpaired) electrons. The van der Waals surface area contributed by atoms with Gasteiger partial charge in [-0.3, -0.25) is 0 Å². The van der Waals surface area contributed by atoms with Crippen LogP contribution in [0.5, 0.6) is 0 Å². The number of rotatable bonds is 3. The van der Waals surface area contributed by atoms with Crippen LogP contribution in [0, 0.1) is 12.2 Å². The van der Waals surface area contributed by atoms with E-state index in [2.05, 4.69) is 0 Å². The summed E-state index contributed by atoms with van der Waals surface area (Å²) in [4.78, 5) is 0.0146. The van der Waals surface area contributed by atoms with Crippen LogP contribution >= 0.6 is 11.8 Å². The molecule has 5 heteroatoms. The number of thioether (sulfide) groups is 1. The summed E-state index contributed by atoms with van der Waals surface area (Å²) < 4.78 is 49.1. The van der Waals surface area contributed by atoms with Crippen LogP contribution in [0.25, 0.3) is 0 Å². The summed E-state index contributed by atoms with van der Waals surface area (Å²) in [5.74, 6) is -0.473. The molecular formula is C10H9F4S. The molecule has 0 saturated heterocycles. The van der Waals surface area contributed by atoms with E-state index in [9.17, 15) is 17.6 Å². The Bertz CT molecular complexity index is 333. The fourth-order valence-electron chi connectivity index (χ4n) is 1.12. The second kappa shape index (κ2) is 4.88. The zero-order valence-corrected chi connectivity index (χ0v) is 8.75. The van der Waals surface area contributed by atoms with Crippen LogP contribution < -0.4 is 0 Å². The quantitative estimate of drug-likeness (QED) is 0.560. The molecule has 1 aromatic rings. The van der Waals surface area contributed by atoms with Gasteiger partial charge in [-0.15, -0.1) is 0 Å². The molecule has 83 valence electrons. The van der Waals surface area contributed by atoms with Gasteiger partial charge in [0.05, 0.1) is 0 Å². The third kappa shape index (κ3) is 4.11. The monoisotopic (exact) mass is 237 g/mol. The normalized spacial score (nSPS) is 11.8. The van der Waals surface area contributed by atoms with Crippen molar-refractivity contribution in [2.75, 3.05) is 0 Å². The van der Waals surface area contributed by atoms with Crippen molar-refractivity contribution in [1.82, 2.24) is 0 Å². The van der Waals surface area contributed by atoms with Crippen molar-refractivity contribution in [3.63, 3.8) is 0 Å². The fourth-order valence-corrected chi connectivity index (χ4v) is 1.73. The fraction of sp³-hybridized carbons (Fsp3) is 0.300. The van der Waals surface area contributed by atoms with E-state index in [4.69, 9.17) is 0 Å². The van der Waals surface area contributed by atoms with Crippen molar-refractivity contribution < 1.29 is 17.6 Å². The van der Waals surface area contributed by atoms with Crippen LogP contribution in [0.1, 0.15) is 12.5 Å². The lowest BCUT2D eigenvalue weighted by Crippen LogP contribution is -2.00. The molecule has 0 N–H and O–H groups in total. The molecule has 0 bridgehead atoms. The lowest BCUT2D eigenvalue weighted by atomic mass is 10.1. The SMILES string of the molecule is C[CH]Cc1cc(SC(F)(F)F)ccc1F. The Hall–Kier alpha value is -0.710. The summed E-state index contributed by atoms with van der Waals surface area (Å²) in [5.41, 5.74) is -4.04. The molecule has 0 aliphatic carbocycles. The smallest absolute Gasteiger partial charge is 0.207 e. The van der Waals surface area contributed by atoms with E-state index in [1.165, 1.54) is 6.07 Å². The Kier molecular flexibility index (Phi) is 4.02. The molecule has 0 atom stereocenters. The molecular weight excluding hydrogens is 228 g/mol. The Morgan fingerprint density at radius 2 is 2.00 bits per heavy atom. The van der Waals surface area contributed by atoms with Crippen molar-refractivity contribution in [3.05, 3.63) is 36.0 Å². The van der Waals surface area contributed by atoms with Crippen molar-refractivity contribution in [2.45, 2.75) is 23.7 Å². The second-order valence-corrected chi connectivity index (χ2v) is 4.05. The maximum atomic E-state index is 13.1. The predicted molar refractivity (Wildman–Crippen MR) is 52.0 cm³/mol. The number of halogens is 4. The van der Waals surface area contributed by atoms with Gasteiger partial charge in [-0.05, 0) is 48.4 Å². The van der Waals surface area contributed by atoms with E-state index in [0.29, 0.717) is 6.42 Å². The van der Waals surface area contributed by atoms with Crippen molar-refractivity contribution in [3.8, 4) is 0 Å². The van der Waals surface area contributed by atoms with E-state index < -0.39 is 11.3 Å². The van der Waals surface area contributed by atoms with Crippen LogP contribution in [0.15, 0.2) is 23.1 Å². The van der Waals surface area contributed by atoms with Crippen molar-refractivity contribution in [1.29, 1.82) is 0 Å². The summed E-state index contributed by atoms with van der Waals surface area (Å²) in [5, 5.41) is 0. The second-order valence-electron chi connectivity index (χ2n) is 2.91. The van der Waals surface area contributed by atoms with Gasteiger partial charge in [0.15, 0.2) is 0 Å². The van der Waals surface area contributed by atoms with Gasteiger partial charge >= 0.3 is 5.51 Å². The average Bonchev–Trinajstić information content (AvgIpc) is 2.09. The van der Waals surface area contributed by atoms with Crippen molar-refractivity contribution in [2.24, 2.45) is 0 Å². The van der Waals surface area contributed by atoms with Gasteiger partial charge in [0.1, 0.15) is 5.82 Å². The van der Waals surface area contributed by atoms with E-state index in [1.54, 1.807) is 13.3 Å². The summed E-state index contributed by atoms with van der Waals surface area (Å²) in [6, 6.07) is 3.42.